The molecule has 0 fully saturated rings. The Morgan fingerprint density at radius 1 is 1.24 bits per heavy atom. The minimum Gasteiger partial charge on any atom is -0.478 e. The maximum absolute atomic E-state index is 12.3. The van der Waals surface area contributed by atoms with Gasteiger partial charge in [-0.1, -0.05) is 12.1 Å². The fourth-order valence-corrected chi connectivity index (χ4v) is 2.23. The molecule has 110 valence electrons. The summed E-state index contributed by atoms with van der Waals surface area (Å²) in [4.78, 5) is 23.5. The number of anilines is 1. The number of aryl methyl sites for hydroxylation is 2. The Kier molecular flexibility index (Phi) is 4.07. The van der Waals surface area contributed by atoms with Gasteiger partial charge >= 0.3 is 5.97 Å². The molecule has 0 aliphatic rings. The van der Waals surface area contributed by atoms with E-state index in [1.165, 1.54) is 12.1 Å². The van der Waals surface area contributed by atoms with E-state index in [2.05, 4.69) is 10.4 Å². The van der Waals surface area contributed by atoms with Crippen LogP contribution in [0.15, 0.2) is 24.3 Å². The Morgan fingerprint density at radius 3 is 2.38 bits per heavy atom. The van der Waals surface area contributed by atoms with Gasteiger partial charge in [0.2, 0.25) is 0 Å². The molecule has 0 spiro atoms. The van der Waals surface area contributed by atoms with Crippen molar-refractivity contribution >= 4 is 17.6 Å². The number of aromatic nitrogens is 2. The molecular weight excluding hydrogens is 270 g/mol. The van der Waals surface area contributed by atoms with Crippen LogP contribution in [-0.2, 0) is 6.54 Å². The Hall–Kier alpha value is -2.63. The first-order valence-electron chi connectivity index (χ1n) is 6.63. The van der Waals surface area contributed by atoms with Gasteiger partial charge in [0, 0.05) is 6.54 Å². The van der Waals surface area contributed by atoms with Gasteiger partial charge in [0.05, 0.1) is 28.2 Å². The molecule has 0 radical (unpaired) electrons. The molecule has 0 bridgehead atoms. The summed E-state index contributed by atoms with van der Waals surface area (Å²) in [6, 6.07) is 6.13. The van der Waals surface area contributed by atoms with E-state index in [4.69, 9.17) is 5.11 Å². The highest BCUT2D eigenvalue weighted by Crippen LogP contribution is 2.21. The summed E-state index contributed by atoms with van der Waals surface area (Å²) >= 11 is 0. The largest absolute Gasteiger partial charge is 0.478 e. The molecule has 21 heavy (non-hydrogen) atoms. The minimum atomic E-state index is -1.13. The van der Waals surface area contributed by atoms with Crippen molar-refractivity contribution in [2.24, 2.45) is 0 Å². The van der Waals surface area contributed by atoms with Crippen molar-refractivity contribution in [3.05, 3.63) is 46.8 Å². The SMILES string of the molecule is CCn1nc(C)c(NC(=O)c2ccccc2C(=O)O)c1C. The predicted molar refractivity (Wildman–Crippen MR) is 78.7 cm³/mol. The molecule has 0 saturated carbocycles. The van der Waals surface area contributed by atoms with Gasteiger partial charge in [-0.3, -0.25) is 9.48 Å². The second-order valence-corrected chi connectivity index (χ2v) is 4.67. The zero-order chi connectivity index (χ0) is 15.6. The highest BCUT2D eigenvalue weighted by Gasteiger charge is 2.19. The molecule has 2 N–H and O–H groups in total. The predicted octanol–water partition coefficient (Wildman–Crippen LogP) is 2.47. The van der Waals surface area contributed by atoms with Crippen LogP contribution in [0.4, 0.5) is 5.69 Å². The smallest absolute Gasteiger partial charge is 0.336 e. The number of carboxylic acids is 1. The van der Waals surface area contributed by atoms with Gasteiger partial charge < -0.3 is 10.4 Å². The third-order valence-corrected chi connectivity index (χ3v) is 3.32. The van der Waals surface area contributed by atoms with Gasteiger partial charge in [-0.25, -0.2) is 4.79 Å². The highest BCUT2D eigenvalue weighted by molar-refractivity contribution is 6.11. The average Bonchev–Trinajstić information content (AvgIpc) is 2.74. The monoisotopic (exact) mass is 287 g/mol. The molecule has 0 unspecified atom stereocenters. The lowest BCUT2D eigenvalue weighted by molar-refractivity contribution is 0.0692. The zero-order valence-electron chi connectivity index (χ0n) is 12.2. The highest BCUT2D eigenvalue weighted by atomic mass is 16.4. The molecule has 1 aromatic carbocycles. The fourth-order valence-electron chi connectivity index (χ4n) is 2.23. The van der Waals surface area contributed by atoms with Crippen molar-refractivity contribution in [2.45, 2.75) is 27.3 Å². The van der Waals surface area contributed by atoms with Crippen molar-refractivity contribution in [3.63, 3.8) is 0 Å². The Balaban J connectivity index is 2.35. The van der Waals surface area contributed by atoms with E-state index in [1.54, 1.807) is 23.7 Å². The fraction of sp³-hybridized carbons (Fsp3) is 0.267. The van der Waals surface area contributed by atoms with E-state index in [1.807, 2.05) is 13.8 Å². The molecule has 2 rings (SSSR count). The number of hydrogen-bond donors (Lipinski definition) is 2. The first kappa shape index (κ1) is 14.8. The van der Waals surface area contributed by atoms with Crippen LogP contribution in [-0.4, -0.2) is 26.8 Å². The molecule has 0 aliphatic carbocycles. The van der Waals surface area contributed by atoms with Gasteiger partial charge in [-0.05, 0) is 32.9 Å². The van der Waals surface area contributed by atoms with E-state index < -0.39 is 11.9 Å². The van der Waals surface area contributed by atoms with E-state index in [0.29, 0.717) is 17.9 Å². The number of rotatable bonds is 4. The van der Waals surface area contributed by atoms with Crippen LogP contribution < -0.4 is 5.32 Å². The number of hydrogen-bond acceptors (Lipinski definition) is 3. The number of nitrogens with one attached hydrogen (secondary N) is 1. The van der Waals surface area contributed by atoms with E-state index >= 15 is 0 Å². The number of carbonyl (C=O) groups excluding carboxylic acids is 1. The number of amides is 1. The van der Waals surface area contributed by atoms with Crippen LogP contribution >= 0.6 is 0 Å². The van der Waals surface area contributed by atoms with E-state index in [-0.39, 0.29) is 11.1 Å². The van der Waals surface area contributed by atoms with Crippen LogP contribution in [0, 0.1) is 13.8 Å². The van der Waals surface area contributed by atoms with Gasteiger partial charge in [0.1, 0.15) is 0 Å². The summed E-state index contributed by atoms with van der Waals surface area (Å²) in [5.41, 5.74) is 2.29. The molecule has 0 aliphatic heterocycles. The molecule has 1 heterocycles. The summed E-state index contributed by atoms with van der Waals surface area (Å²) in [6.45, 7) is 6.33. The Morgan fingerprint density at radius 2 is 1.86 bits per heavy atom. The van der Waals surface area contributed by atoms with Crippen molar-refractivity contribution < 1.29 is 14.7 Å². The van der Waals surface area contributed by atoms with Crippen molar-refractivity contribution in [3.8, 4) is 0 Å². The average molecular weight is 287 g/mol. The van der Waals surface area contributed by atoms with Crippen LogP contribution in [0.1, 0.15) is 39.0 Å². The molecule has 2 aromatic rings. The molecule has 6 heteroatoms. The van der Waals surface area contributed by atoms with Crippen LogP contribution in [0.25, 0.3) is 0 Å². The first-order chi connectivity index (χ1) is 9.95. The number of carbonyl (C=O) groups is 2. The van der Waals surface area contributed by atoms with Crippen molar-refractivity contribution in [2.75, 3.05) is 5.32 Å². The lowest BCUT2D eigenvalue weighted by Crippen LogP contribution is -2.17. The maximum atomic E-state index is 12.3. The van der Waals surface area contributed by atoms with E-state index in [9.17, 15) is 9.59 Å². The lowest BCUT2D eigenvalue weighted by Gasteiger charge is -2.08. The first-order valence-corrected chi connectivity index (χ1v) is 6.63. The van der Waals surface area contributed by atoms with Crippen molar-refractivity contribution in [1.29, 1.82) is 0 Å². The molecule has 1 aromatic heterocycles. The van der Waals surface area contributed by atoms with Gasteiger partial charge in [-0.15, -0.1) is 0 Å². The van der Waals surface area contributed by atoms with Gasteiger partial charge in [0.25, 0.3) is 5.91 Å². The Bertz CT molecular complexity index is 704. The second kappa shape index (κ2) is 5.78. The lowest BCUT2D eigenvalue weighted by atomic mass is 10.1. The van der Waals surface area contributed by atoms with Crippen molar-refractivity contribution in [1.82, 2.24) is 9.78 Å². The third-order valence-electron chi connectivity index (χ3n) is 3.32. The number of benzene rings is 1. The molecule has 6 nitrogen and oxygen atoms in total. The molecule has 0 saturated heterocycles. The summed E-state index contributed by atoms with van der Waals surface area (Å²) in [5.74, 6) is -1.58. The zero-order valence-corrected chi connectivity index (χ0v) is 12.2. The standard InChI is InChI=1S/C15H17N3O3/c1-4-18-10(3)13(9(2)17-18)16-14(19)11-7-5-6-8-12(11)15(20)21/h5-8H,4H2,1-3H3,(H,16,19)(H,20,21). The quantitative estimate of drug-likeness (QED) is 0.904. The van der Waals surface area contributed by atoms with Crippen LogP contribution in [0.3, 0.4) is 0 Å². The topological polar surface area (TPSA) is 84.2 Å². The summed E-state index contributed by atoms with van der Waals surface area (Å²) in [7, 11) is 0. The van der Waals surface area contributed by atoms with E-state index in [0.717, 1.165) is 5.69 Å². The number of nitrogens with zero attached hydrogens (tertiary/aromatic N) is 2. The maximum Gasteiger partial charge on any atom is 0.336 e. The minimum absolute atomic E-state index is 0.0202. The van der Waals surface area contributed by atoms with Gasteiger partial charge in [0.15, 0.2) is 0 Å². The summed E-state index contributed by atoms with van der Waals surface area (Å²) in [6.07, 6.45) is 0. The summed E-state index contributed by atoms with van der Waals surface area (Å²) in [5, 5.41) is 16.2. The normalized spacial score (nSPS) is 10.4. The summed E-state index contributed by atoms with van der Waals surface area (Å²) < 4.78 is 1.79. The van der Waals surface area contributed by atoms with Crippen LogP contribution in [0.5, 0.6) is 0 Å². The molecular formula is C15H17N3O3. The molecule has 0 atom stereocenters. The second-order valence-electron chi connectivity index (χ2n) is 4.67. The molecule has 1 amide bonds. The van der Waals surface area contributed by atoms with Crippen LogP contribution in [0.2, 0.25) is 0 Å². The Labute approximate surface area is 122 Å². The number of carboxylic acid groups (broad SMARTS) is 1. The third kappa shape index (κ3) is 2.79. The number of aromatic carboxylic acids is 1. The van der Waals surface area contributed by atoms with Gasteiger partial charge in [-0.2, -0.15) is 5.10 Å².